The van der Waals surface area contributed by atoms with Crippen molar-refractivity contribution in [1.82, 2.24) is 5.32 Å². The van der Waals surface area contributed by atoms with Crippen LogP contribution in [0.1, 0.15) is 33.6 Å². The van der Waals surface area contributed by atoms with Gasteiger partial charge in [-0.15, -0.1) is 0 Å². The van der Waals surface area contributed by atoms with E-state index in [1.807, 2.05) is 18.7 Å². The van der Waals surface area contributed by atoms with Gasteiger partial charge in [-0.25, -0.2) is 0 Å². The van der Waals surface area contributed by atoms with Crippen LogP contribution >= 0.6 is 11.8 Å². The van der Waals surface area contributed by atoms with Crippen molar-refractivity contribution in [1.29, 1.82) is 0 Å². The normalized spacial score (nSPS) is 15.1. The second kappa shape index (κ2) is 7.12. The van der Waals surface area contributed by atoms with Gasteiger partial charge >= 0.3 is 5.97 Å². The zero-order chi connectivity index (χ0) is 11.9. The van der Waals surface area contributed by atoms with Gasteiger partial charge in [0, 0.05) is 0 Å². The summed E-state index contributed by atoms with van der Waals surface area (Å²) in [6, 6.07) is 0. The number of ether oxygens (including phenoxy) is 1. The number of esters is 1. The molecule has 0 aromatic heterocycles. The largest absolute Gasteiger partial charge is 0.468 e. The number of hydrogen-bond donors (Lipinski definition) is 1. The van der Waals surface area contributed by atoms with Gasteiger partial charge in [-0.2, -0.15) is 11.8 Å². The summed E-state index contributed by atoms with van der Waals surface area (Å²) in [7, 11) is 3.23. The third-order valence-corrected chi connectivity index (χ3v) is 3.65. The monoisotopic (exact) mass is 233 g/mol. The Morgan fingerprint density at radius 1 is 1.53 bits per heavy atom. The molecule has 0 aliphatic carbocycles. The Bertz CT molecular complexity index is 197. The number of methoxy groups -OCH3 is 1. The fourth-order valence-electron chi connectivity index (χ4n) is 1.30. The van der Waals surface area contributed by atoms with Crippen molar-refractivity contribution >= 4 is 17.7 Å². The summed E-state index contributed by atoms with van der Waals surface area (Å²) in [5.74, 6) is 0.908. The number of nitrogens with one attached hydrogen (secondary N) is 1. The smallest absolute Gasteiger partial charge is 0.325 e. The maximum atomic E-state index is 11.5. The van der Waals surface area contributed by atoms with E-state index in [1.54, 1.807) is 7.05 Å². The number of rotatable bonds is 7. The van der Waals surface area contributed by atoms with Gasteiger partial charge in [0.05, 0.1) is 7.11 Å². The second-order valence-electron chi connectivity index (χ2n) is 4.10. The highest BCUT2D eigenvalue weighted by molar-refractivity contribution is 7.99. The van der Waals surface area contributed by atoms with E-state index >= 15 is 0 Å². The Morgan fingerprint density at radius 2 is 2.13 bits per heavy atom. The maximum absolute atomic E-state index is 11.5. The average Bonchev–Trinajstić information content (AvgIpc) is 2.22. The van der Waals surface area contributed by atoms with E-state index in [-0.39, 0.29) is 5.97 Å². The summed E-state index contributed by atoms with van der Waals surface area (Å²) in [6.45, 7) is 6.25. The van der Waals surface area contributed by atoms with Crippen molar-refractivity contribution in [2.75, 3.05) is 19.9 Å². The van der Waals surface area contributed by atoms with E-state index in [9.17, 15) is 4.79 Å². The summed E-state index contributed by atoms with van der Waals surface area (Å²) in [4.78, 5) is 11.5. The van der Waals surface area contributed by atoms with Crippen LogP contribution in [-0.4, -0.2) is 36.7 Å². The Hall–Kier alpha value is -0.220. The standard InChI is InChI=1S/C11H23NO2S/c1-9(2)15-8-6-7-11(3,12-4)10(13)14-5/h9,12H,6-8H2,1-5H3. The van der Waals surface area contributed by atoms with Gasteiger partial charge in [-0.3, -0.25) is 4.79 Å². The van der Waals surface area contributed by atoms with Crippen molar-refractivity contribution in [2.24, 2.45) is 0 Å². The lowest BCUT2D eigenvalue weighted by molar-refractivity contribution is -0.148. The van der Waals surface area contributed by atoms with Crippen LogP contribution in [0, 0.1) is 0 Å². The molecular formula is C11H23NO2S. The highest BCUT2D eigenvalue weighted by Gasteiger charge is 2.31. The minimum atomic E-state index is -0.535. The Balaban J connectivity index is 3.94. The third kappa shape index (κ3) is 5.42. The summed E-state index contributed by atoms with van der Waals surface area (Å²) >= 11 is 1.92. The van der Waals surface area contributed by atoms with E-state index < -0.39 is 5.54 Å². The molecule has 4 heteroatoms. The fraction of sp³-hybridized carbons (Fsp3) is 0.909. The molecule has 1 unspecified atom stereocenters. The van der Waals surface area contributed by atoms with Gasteiger partial charge in [0.1, 0.15) is 5.54 Å². The molecule has 1 N–H and O–H groups in total. The van der Waals surface area contributed by atoms with Gasteiger partial charge in [-0.05, 0) is 37.8 Å². The van der Waals surface area contributed by atoms with Crippen LogP contribution in [0.3, 0.4) is 0 Å². The van der Waals surface area contributed by atoms with Crippen LogP contribution in [-0.2, 0) is 9.53 Å². The van der Waals surface area contributed by atoms with Crippen LogP contribution in [0.25, 0.3) is 0 Å². The van der Waals surface area contributed by atoms with E-state index in [2.05, 4.69) is 19.2 Å². The highest BCUT2D eigenvalue weighted by Crippen LogP contribution is 2.18. The summed E-state index contributed by atoms with van der Waals surface area (Å²) < 4.78 is 4.78. The zero-order valence-electron chi connectivity index (χ0n) is 10.4. The second-order valence-corrected chi connectivity index (χ2v) is 5.78. The molecule has 0 aromatic carbocycles. The number of thioether (sulfide) groups is 1. The first-order chi connectivity index (χ1) is 6.96. The van der Waals surface area contributed by atoms with E-state index in [1.165, 1.54) is 7.11 Å². The lowest BCUT2D eigenvalue weighted by atomic mass is 9.97. The molecule has 15 heavy (non-hydrogen) atoms. The van der Waals surface area contributed by atoms with Crippen molar-refractivity contribution in [3.63, 3.8) is 0 Å². The Kier molecular flexibility index (Phi) is 7.02. The molecule has 0 aliphatic heterocycles. The zero-order valence-corrected chi connectivity index (χ0v) is 11.2. The lowest BCUT2D eigenvalue weighted by Gasteiger charge is -2.26. The molecule has 3 nitrogen and oxygen atoms in total. The molecular weight excluding hydrogens is 210 g/mol. The molecule has 0 heterocycles. The van der Waals surface area contributed by atoms with Crippen LogP contribution in [0.5, 0.6) is 0 Å². The van der Waals surface area contributed by atoms with Crippen molar-refractivity contribution in [2.45, 2.75) is 44.4 Å². The quantitative estimate of drug-likeness (QED) is 0.539. The molecule has 0 saturated carbocycles. The minimum absolute atomic E-state index is 0.181. The molecule has 0 spiro atoms. The van der Waals surface area contributed by atoms with Crippen LogP contribution in [0.15, 0.2) is 0 Å². The number of carbonyl (C=O) groups is 1. The first kappa shape index (κ1) is 14.8. The highest BCUT2D eigenvalue weighted by atomic mass is 32.2. The Labute approximate surface area is 97.3 Å². The first-order valence-electron chi connectivity index (χ1n) is 5.35. The Morgan fingerprint density at radius 3 is 2.53 bits per heavy atom. The van der Waals surface area contributed by atoms with E-state index in [0.29, 0.717) is 5.25 Å². The maximum Gasteiger partial charge on any atom is 0.325 e. The van der Waals surface area contributed by atoms with Crippen LogP contribution in [0.2, 0.25) is 0 Å². The summed E-state index contributed by atoms with van der Waals surface area (Å²) in [6.07, 6.45) is 1.84. The average molecular weight is 233 g/mol. The summed E-state index contributed by atoms with van der Waals surface area (Å²) in [5, 5.41) is 3.69. The van der Waals surface area contributed by atoms with Gasteiger partial charge in [0.2, 0.25) is 0 Å². The lowest BCUT2D eigenvalue weighted by Crippen LogP contribution is -2.48. The predicted octanol–water partition coefficient (Wildman–Crippen LogP) is 2.06. The number of likely N-dealkylation sites (N-methyl/N-ethyl adjacent to an activating group) is 1. The van der Waals surface area contributed by atoms with Gasteiger partial charge in [0.15, 0.2) is 0 Å². The van der Waals surface area contributed by atoms with Crippen LogP contribution < -0.4 is 5.32 Å². The number of hydrogen-bond acceptors (Lipinski definition) is 4. The molecule has 0 fully saturated rings. The van der Waals surface area contributed by atoms with Gasteiger partial charge in [0.25, 0.3) is 0 Å². The first-order valence-corrected chi connectivity index (χ1v) is 6.40. The molecule has 1 atom stereocenters. The molecule has 0 rings (SSSR count). The molecule has 0 amide bonds. The summed E-state index contributed by atoms with van der Waals surface area (Å²) in [5.41, 5.74) is -0.535. The fourth-order valence-corrected chi connectivity index (χ4v) is 2.08. The van der Waals surface area contributed by atoms with Crippen molar-refractivity contribution < 1.29 is 9.53 Å². The van der Waals surface area contributed by atoms with Crippen molar-refractivity contribution in [3.8, 4) is 0 Å². The molecule has 0 aromatic rings. The molecule has 0 aliphatic rings. The molecule has 90 valence electrons. The van der Waals surface area contributed by atoms with Gasteiger partial charge < -0.3 is 10.1 Å². The predicted molar refractivity (Wildman–Crippen MR) is 66.3 cm³/mol. The third-order valence-electron chi connectivity index (χ3n) is 2.46. The topological polar surface area (TPSA) is 38.3 Å². The van der Waals surface area contributed by atoms with Gasteiger partial charge in [-0.1, -0.05) is 13.8 Å². The minimum Gasteiger partial charge on any atom is -0.468 e. The molecule has 0 radical (unpaired) electrons. The van der Waals surface area contributed by atoms with E-state index in [0.717, 1.165) is 18.6 Å². The van der Waals surface area contributed by atoms with Crippen LogP contribution in [0.4, 0.5) is 0 Å². The number of carbonyl (C=O) groups excluding carboxylic acids is 1. The SMILES string of the molecule is CNC(C)(CCCSC(C)C)C(=O)OC. The molecule has 0 saturated heterocycles. The van der Waals surface area contributed by atoms with Crippen molar-refractivity contribution in [3.05, 3.63) is 0 Å². The van der Waals surface area contributed by atoms with E-state index in [4.69, 9.17) is 4.74 Å². The molecule has 0 bridgehead atoms.